The van der Waals surface area contributed by atoms with Crippen LogP contribution in [0.4, 0.5) is 0 Å². The number of hydrogen-bond acceptors (Lipinski definition) is 2. The van der Waals surface area contributed by atoms with Crippen LogP contribution in [-0.2, 0) is 22.0 Å². The molecule has 5 heteroatoms. The third-order valence-corrected chi connectivity index (χ3v) is 4.05. The third kappa shape index (κ3) is 4.66. The summed E-state index contributed by atoms with van der Waals surface area (Å²) in [5.41, 5.74) is 0. The maximum Gasteiger partial charge on any atom is 0.106 e. The van der Waals surface area contributed by atoms with Crippen molar-refractivity contribution in [3.05, 3.63) is 0 Å². The second-order valence-electron chi connectivity index (χ2n) is 2.78. The van der Waals surface area contributed by atoms with Crippen molar-refractivity contribution in [3.8, 4) is 0 Å². The zero-order chi connectivity index (χ0) is 9.02. The van der Waals surface area contributed by atoms with Crippen LogP contribution < -0.4 is 4.13 Å². The minimum atomic E-state index is -1.17. The highest BCUT2D eigenvalue weighted by Crippen LogP contribution is 1.95. The Morgan fingerprint density at radius 2 is 1.18 bits per heavy atom. The molecule has 0 aliphatic heterocycles. The second-order valence-corrected chi connectivity index (χ2v) is 6.52. The summed E-state index contributed by atoms with van der Waals surface area (Å²) in [4.78, 5) is 0. The summed E-state index contributed by atoms with van der Waals surface area (Å²) < 4.78 is 24.7. The van der Waals surface area contributed by atoms with Crippen molar-refractivity contribution >= 4 is 22.0 Å². The molecule has 0 aromatic heterocycles. The van der Waals surface area contributed by atoms with Gasteiger partial charge in [-0.05, 0) is 27.7 Å². The molecule has 0 saturated heterocycles. The minimum absolute atomic E-state index is 0.0118. The molecule has 0 amide bonds. The SMILES string of the molecule is CC(C)S(=O)NS(=O)C(C)C. The Morgan fingerprint density at radius 1 is 0.909 bits per heavy atom. The van der Waals surface area contributed by atoms with Crippen molar-refractivity contribution in [2.24, 2.45) is 0 Å². The Kier molecular flexibility index (Phi) is 5.12. The van der Waals surface area contributed by atoms with E-state index in [2.05, 4.69) is 4.13 Å². The summed E-state index contributed by atoms with van der Waals surface area (Å²) in [6.45, 7) is 7.28. The van der Waals surface area contributed by atoms with Crippen LogP contribution in [0.25, 0.3) is 0 Å². The molecule has 0 fully saturated rings. The Hall–Kier alpha value is 0.260. The van der Waals surface area contributed by atoms with Crippen molar-refractivity contribution in [1.82, 2.24) is 4.13 Å². The molecule has 68 valence electrons. The van der Waals surface area contributed by atoms with E-state index in [-0.39, 0.29) is 10.5 Å². The Labute approximate surface area is 73.1 Å². The smallest absolute Gasteiger partial charge is 0.106 e. The van der Waals surface area contributed by atoms with Gasteiger partial charge in [-0.2, -0.15) is 4.13 Å². The molecule has 0 aromatic rings. The first kappa shape index (κ1) is 11.3. The van der Waals surface area contributed by atoms with Crippen molar-refractivity contribution in [2.45, 2.75) is 38.2 Å². The summed E-state index contributed by atoms with van der Waals surface area (Å²) >= 11 is 0. The van der Waals surface area contributed by atoms with Crippen LogP contribution in [0.5, 0.6) is 0 Å². The van der Waals surface area contributed by atoms with Gasteiger partial charge in [0, 0.05) is 10.5 Å². The van der Waals surface area contributed by atoms with E-state index in [1.54, 1.807) is 0 Å². The van der Waals surface area contributed by atoms with E-state index in [0.717, 1.165) is 0 Å². The first-order valence-electron chi connectivity index (χ1n) is 3.52. The van der Waals surface area contributed by atoms with Gasteiger partial charge in [-0.25, -0.2) is 8.42 Å². The molecule has 3 nitrogen and oxygen atoms in total. The predicted molar refractivity (Wildman–Crippen MR) is 49.7 cm³/mol. The molecule has 0 spiro atoms. The summed E-state index contributed by atoms with van der Waals surface area (Å²) in [5, 5.41) is 0.0235. The number of hydrogen-bond donors (Lipinski definition) is 1. The summed E-state index contributed by atoms with van der Waals surface area (Å²) in [6, 6.07) is 0. The van der Waals surface area contributed by atoms with Crippen LogP contribution in [-0.4, -0.2) is 18.9 Å². The lowest BCUT2D eigenvalue weighted by Gasteiger charge is -2.08. The Balaban J connectivity index is 3.86. The molecule has 11 heavy (non-hydrogen) atoms. The highest BCUT2D eigenvalue weighted by molar-refractivity contribution is 7.99. The van der Waals surface area contributed by atoms with Gasteiger partial charge in [-0.1, -0.05) is 0 Å². The van der Waals surface area contributed by atoms with E-state index >= 15 is 0 Å². The van der Waals surface area contributed by atoms with Crippen molar-refractivity contribution in [1.29, 1.82) is 0 Å². The van der Waals surface area contributed by atoms with Crippen LogP contribution in [0.2, 0.25) is 0 Å². The molecule has 2 unspecified atom stereocenters. The fraction of sp³-hybridized carbons (Fsp3) is 1.00. The molecule has 0 heterocycles. The molecular weight excluding hydrogens is 182 g/mol. The maximum absolute atomic E-state index is 11.1. The van der Waals surface area contributed by atoms with Gasteiger partial charge in [-0.3, -0.25) is 0 Å². The van der Waals surface area contributed by atoms with Crippen molar-refractivity contribution < 1.29 is 8.42 Å². The van der Waals surface area contributed by atoms with Crippen LogP contribution >= 0.6 is 0 Å². The Morgan fingerprint density at radius 3 is 1.36 bits per heavy atom. The molecular formula is C6H15NO2S2. The van der Waals surface area contributed by atoms with Crippen LogP contribution in [0, 0.1) is 0 Å². The van der Waals surface area contributed by atoms with E-state index in [1.807, 2.05) is 27.7 Å². The van der Waals surface area contributed by atoms with Crippen LogP contribution in [0.3, 0.4) is 0 Å². The molecule has 0 aromatic carbocycles. The topological polar surface area (TPSA) is 46.2 Å². The fourth-order valence-electron chi connectivity index (χ4n) is 0.273. The summed E-state index contributed by atoms with van der Waals surface area (Å²) in [5.74, 6) is 0. The van der Waals surface area contributed by atoms with Crippen LogP contribution in [0.15, 0.2) is 0 Å². The van der Waals surface area contributed by atoms with Gasteiger partial charge in [0.25, 0.3) is 0 Å². The normalized spacial score (nSPS) is 17.3. The first-order valence-corrected chi connectivity index (χ1v) is 5.95. The molecule has 0 saturated carbocycles. The fourth-order valence-corrected chi connectivity index (χ4v) is 2.46. The largest absolute Gasteiger partial charge is 0.242 e. The molecule has 2 atom stereocenters. The molecule has 0 aliphatic rings. The molecule has 0 aliphatic carbocycles. The molecule has 0 bridgehead atoms. The Bertz CT molecular complexity index is 150. The summed E-state index contributed by atoms with van der Waals surface area (Å²) in [6.07, 6.45) is 0. The van der Waals surface area contributed by atoms with Crippen molar-refractivity contribution in [2.75, 3.05) is 0 Å². The van der Waals surface area contributed by atoms with Gasteiger partial charge < -0.3 is 0 Å². The maximum atomic E-state index is 11.1. The number of nitrogens with one attached hydrogen (secondary N) is 1. The highest BCUT2D eigenvalue weighted by Gasteiger charge is 2.10. The summed E-state index contributed by atoms with van der Waals surface area (Å²) in [7, 11) is -2.35. The molecule has 0 radical (unpaired) electrons. The lowest BCUT2D eigenvalue weighted by atomic mass is 10.6. The second kappa shape index (κ2) is 5.00. The van der Waals surface area contributed by atoms with E-state index in [1.165, 1.54) is 0 Å². The van der Waals surface area contributed by atoms with Gasteiger partial charge in [0.15, 0.2) is 0 Å². The third-order valence-electron chi connectivity index (χ3n) is 1.02. The average molecular weight is 197 g/mol. The van der Waals surface area contributed by atoms with E-state index in [0.29, 0.717) is 0 Å². The zero-order valence-electron chi connectivity index (χ0n) is 7.29. The molecule has 1 N–H and O–H groups in total. The zero-order valence-corrected chi connectivity index (χ0v) is 8.92. The lowest BCUT2D eigenvalue weighted by Crippen LogP contribution is -2.30. The van der Waals surface area contributed by atoms with Gasteiger partial charge in [0.2, 0.25) is 0 Å². The average Bonchev–Trinajstić information content (AvgIpc) is 1.87. The minimum Gasteiger partial charge on any atom is -0.242 e. The van der Waals surface area contributed by atoms with Gasteiger partial charge in [0.05, 0.1) is 0 Å². The van der Waals surface area contributed by atoms with E-state index in [4.69, 9.17) is 0 Å². The monoisotopic (exact) mass is 197 g/mol. The van der Waals surface area contributed by atoms with E-state index < -0.39 is 22.0 Å². The van der Waals surface area contributed by atoms with Crippen LogP contribution in [0.1, 0.15) is 27.7 Å². The van der Waals surface area contributed by atoms with E-state index in [9.17, 15) is 8.42 Å². The predicted octanol–water partition coefficient (Wildman–Crippen LogP) is 0.720. The lowest BCUT2D eigenvalue weighted by molar-refractivity contribution is 0.664. The highest BCUT2D eigenvalue weighted by atomic mass is 32.3. The quantitative estimate of drug-likeness (QED) is 0.722. The van der Waals surface area contributed by atoms with Gasteiger partial charge >= 0.3 is 0 Å². The van der Waals surface area contributed by atoms with Crippen molar-refractivity contribution in [3.63, 3.8) is 0 Å². The first-order chi connectivity index (χ1) is 4.95. The van der Waals surface area contributed by atoms with Gasteiger partial charge in [-0.15, -0.1) is 0 Å². The molecule has 0 rings (SSSR count). The number of rotatable bonds is 4. The van der Waals surface area contributed by atoms with Gasteiger partial charge in [0.1, 0.15) is 22.0 Å². The standard InChI is InChI=1S/C6H15NO2S2/c1-5(2)10(8)7-11(9)6(3)4/h5-7H,1-4H3.